The summed E-state index contributed by atoms with van der Waals surface area (Å²) in [6, 6.07) is 9.68. The molecule has 0 radical (unpaired) electrons. The van der Waals surface area contributed by atoms with E-state index in [0.29, 0.717) is 19.0 Å². The van der Waals surface area contributed by atoms with E-state index in [1.54, 1.807) is 4.90 Å². The lowest BCUT2D eigenvalue weighted by atomic mass is 9.72. The van der Waals surface area contributed by atoms with Gasteiger partial charge in [0.15, 0.2) is 0 Å². The van der Waals surface area contributed by atoms with Gasteiger partial charge < -0.3 is 15.4 Å². The Morgan fingerprint density at radius 3 is 2.75 bits per heavy atom. The standard InChI is InChI=1S/C15H19N3O2/c1-2-20-12-8-15(9-12)13(16)17-14(19)18(15)10-11-6-4-3-5-7-11/h3-7,12H,2,8-10H2,1H3,(H2,16,17,19). The van der Waals surface area contributed by atoms with Crippen LogP contribution in [0.2, 0.25) is 0 Å². The molecule has 3 rings (SSSR count). The number of nitrogens with two attached hydrogens (primary N) is 1. The Labute approximate surface area is 118 Å². The van der Waals surface area contributed by atoms with Crippen molar-refractivity contribution in [3.05, 3.63) is 35.9 Å². The van der Waals surface area contributed by atoms with Gasteiger partial charge in [-0.2, -0.15) is 4.99 Å². The molecule has 1 heterocycles. The van der Waals surface area contributed by atoms with Gasteiger partial charge in [0.1, 0.15) is 11.4 Å². The molecule has 1 aromatic rings. The van der Waals surface area contributed by atoms with E-state index in [1.807, 2.05) is 37.3 Å². The molecule has 2 N–H and O–H groups in total. The van der Waals surface area contributed by atoms with Gasteiger partial charge in [0.25, 0.3) is 0 Å². The van der Waals surface area contributed by atoms with Gasteiger partial charge in [-0.1, -0.05) is 30.3 Å². The van der Waals surface area contributed by atoms with Gasteiger partial charge in [-0.25, -0.2) is 4.79 Å². The molecular formula is C15H19N3O2. The SMILES string of the molecule is CCOC1CC2(C1)C(N)=NC(=O)N2Cc1ccccc1. The lowest BCUT2D eigenvalue weighted by molar-refractivity contribution is -0.0569. The number of amides is 2. The van der Waals surface area contributed by atoms with Crippen LogP contribution in [-0.2, 0) is 11.3 Å². The van der Waals surface area contributed by atoms with Crippen molar-refractivity contribution in [3.8, 4) is 0 Å². The molecule has 1 aliphatic carbocycles. The summed E-state index contributed by atoms with van der Waals surface area (Å²) in [5.41, 5.74) is 6.66. The van der Waals surface area contributed by atoms with E-state index in [2.05, 4.69) is 4.99 Å². The lowest BCUT2D eigenvalue weighted by Gasteiger charge is -2.49. The Balaban J connectivity index is 1.78. The van der Waals surface area contributed by atoms with Gasteiger partial charge in [0, 0.05) is 26.0 Å². The van der Waals surface area contributed by atoms with Crippen LogP contribution in [0.5, 0.6) is 0 Å². The van der Waals surface area contributed by atoms with Crippen molar-refractivity contribution in [2.75, 3.05) is 6.61 Å². The van der Waals surface area contributed by atoms with E-state index < -0.39 is 5.54 Å². The quantitative estimate of drug-likeness (QED) is 0.911. The summed E-state index contributed by atoms with van der Waals surface area (Å²) in [5.74, 6) is 0.439. The number of carbonyl (C=O) groups is 1. The van der Waals surface area contributed by atoms with Crippen LogP contribution >= 0.6 is 0 Å². The molecule has 106 valence electrons. The average Bonchev–Trinajstić information content (AvgIpc) is 2.64. The number of carbonyl (C=O) groups excluding carboxylic acids is 1. The number of hydrogen-bond donors (Lipinski definition) is 1. The minimum absolute atomic E-state index is 0.179. The fraction of sp³-hybridized carbons (Fsp3) is 0.467. The summed E-state index contributed by atoms with van der Waals surface area (Å²) in [6.45, 7) is 3.21. The van der Waals surface area contributed by atoms with E-state index in [-0.39, 0.29) is 12.1 Å². The number of aliphatic imine (C=N–C) groups is 1. The molecule has 5 nitrogen and oxygen atoms in total. The molecule has 0 bridgehead atoms. The summed E-state index contributed by atoms with van der Waals surface area (Å²) in [5, 5.41) is 0. The first-order chi connectivity index (χ1) is 9.65. The van der Waals surface area contributed by atoms with Gasteiger partial charge >= 0.3 is 6.03 Å². The molecule has 2 amide bonds. The Morgan fingerprint density at radius 1 is 1.40 bits per heavy atom. The van der Waals surface area contributed by atoms with Crippen molar-refractivity contribution < 1.29 is 9.53 Å². The van der Waals surface area contributed by atoms with Crippen molar-refractivity contribution >= 4 is 11.9 Å². The van der Waals surface area contributed by atoms with E-state index in [4.69, 9.17) is 10.5 Å². The van der Waals surface area contributed by atoms with Crippen LogP contribution in [0.3, 0.4) is 0 Å². The lowest BCUT2D eigenvalue weighted by Crippen LogP contribution is -2.64. The van der Waals surface area contributed by atoms with Crippen LogP contribution in [0.15, 0.2) is 35.3 Å². The molecule has 0 unspecified atom stereocenters. The van der Waals surface area contributed by atoms with Crippen LogP contribution in [-0.4, -0.2) is 35.0 Å². The van der Waals surface area contributed by atoms with E-state index in [9.17, 15) is 4.79 Å². The molecule has 5 heteroatoms. The first kappa shape index (κ1) is 13.1. The Bertz CT molecular complexity index is 535. The predicted molar refractivity (Wildman–Crippen MR) is 76.4 cm³/mol. The highest BCUT2D eigenvalue weighted by atomic mass is 16.5. The third-order valence-electron chi connectivity index (χ3n) is 4.16. The number of amidine groups is 1. The summed E-state index contributed by atoms with van der Waals surface area (Å²) in [6.07, 6.45) is 1.67. The summed E-state index contributed by atoms with van der Waals surface area (Å²) in [7, 11) is 0. The van der Waals surface area contributed by atoms with E-state index >= 15 is 0 Å². The molecule has 0 saturated heterocycles. The number of rotatable bonds is 4. The van der Waals surface area contributed by atoms with E-state index in [0.717, 1.165) is 18.4 Å². The topological polar surface area (TPSA) is 67.9 Å². The third kappa shape index (κ3) is 1.98. The van der Waals surface area contributed by atoms with Gasteiger partial charge in [0.05, 0.1) is 6.10 Å². The first-order valence-electron chi connectivity index (χ1n) is 6.97. The second kappa shape index (κ2) is 4.90. The average molecular weight is 273 g/mol. The van der Waals surface area contributed by atoms with Gasteiger partial charge in [-0.05, 0) is 12.5 Å². The number of ether oxygens (including phenoxy) is 1. The van der Waals surface area contributed by atoms with Crippen LogP contribution < -0.4 is 5.73 Å². The molecule has 1 aliphatic heterocycles. The van der Waals surface area contributed by atoms with Crippen LogP contribution in [0.4, 0.5) is 4.79 Å². The van der Waals surface area contributed by atoms with Gasteiger partial charge in [-0.15, -0.1) is 0 Å². The smallest absolute Gasteiger partial charge is 0.346 e. The van der Waals surface area contributed by atoms with Crippen LogP contribution in [0.1, 0.15) is 25.3 Å². The summed E-state index contributed by atoms with van der Waals surface area (Å²) in [4.78, 5) is 17.8. The summed E-state index contributed by atoms with van der Waals surface area (Å²) < 4.78 is 5.60. The first-order valence-corrected chi connectivity index (χ1v) is 6.97. The molecule has 1 aromatic carbocycles. The third-order valence-corrected chi connectivity index (χ3v) is 4.16. The highest BCUT2D eigenvalue weighted by Gasteiger charge is 2.57. The number of urea groups is 1. The maximum absolute atomic E-state index is 12.1. The molecule has 20 heavy (non-hydrogen) atoms. The zero-order chi connectivity index (χ0) is 14.2. The van der Waals surface area contributed by atoms with Crippen molar-refractivity contribution in [2.45, 2.75) is 38.0 Å². The molecule has 0 atom stereocenters. The minimum Gasteiger partial charge on any atom is -0.385 e. The second-order valence-electron chi connectivity index (χ2n) is 5.37. The Hall–Kier alpha value is -1.88. The zero-order valence-electron chi connectivity index (χ0n) is 11.6. The number of hydrogen-bond acceptors (Lipinski definition) is 3. The van der Waals surface area contributed by atoms with Crippen molar-refractivity contribution in [1.82, 2.24) is 4.90 Å². The molecule has 2 aliphatic rings. The second-order valence-corrected chi connectivity index (χ2v) is 5.37. The van der Waals surface area contributed by atoms with E-state index in [1.165, 1.54) is 0 Å². The van der Waals surface area contributed by atoms with Crippen molar-refractivity contribution in [2.24, 2.45) is 10.7 Å². The van der Waals surface area contributed by atoms with Crippen LogP contribution in [0, 0.1) is 0 Å². The largest absolute Gasteiger partial charge is 0.385 e. The van der Waals surface area contributed by atoms with Crippen LogP contribution in [0.25, 0.3) is 0 Å². The Morgan fingerprint density at radius 2 is 2.10 bits per heavy atom. The normalized spacial score (nSPS) is 28.6. The predicted octanol–water partition coefficient (Wildman–Crippen LogP) is 1.92. The molecule has 1 saturated carbocycles. The monoisotopic (exact) mass is 273 g/mol. The highest BCUT2D eigenvalue weighted by molar-refractivity contribution is 6.06. The van der Waals surface area contributed by atoms with Crippen molar-refractivity contribution in [1.29, 1.82) is 0 Å². The summed E-state index contributed by atoms with van der Waals surface area (Å²) >= 11 is 0. The minimum atomic E-state index is -0.424. The van der Waals surface area contributed by atoms with Crippen molar-refractivity contribution in [3.63, 3.8) is 0 Å². The Kier molecular flexibility index (Phi) is 3.22. The number of nitrogens with zero attached hydrogens (tertiary/aromatic N) is 2. The van der Waals surface area contributed by atoms with Gasteiger partial charge in [0.2, 0.25) is 0 Å². The number of benzene rings is 1. The maximum Gasteiger partial charge on any atom is 0.346 e. The van der Waals surface area contributed by atoms with Gasteiger partial charge in [-0.3, -0.25) is 0 Å². The molecular weight excluding hydrogens is 254 g/mol. The molecule has 1 spiro atoms. The zero-order valence-corrected chi connectivity index (χ0v) is 11.6. The fourth-order valence-corrected chi connectivity index (χ4v) is 3.05. The maximum atomic E-state index is 12.1. The molecule has 0 aromatic heterocycles. The molecule has 1 fully saturated rings. The highest BCUT2D eigenvalue weighted by Crippen LogP contribution is 2.43. The fourth-order valence-electron chi connectivity index (χ4n) is 3.05.